The summed E-state index contributed by atoms with van der Waals surface area (Å²) in [5.74, 6) is 1.45. The number of nitrogens with zero attached hydrogens (tertiary/aromatic N) is 1. The van der Waals surface area contributed by atoms with Gasteiger partial charge in [-0.05, 0) is 69.9 Å². The molecule has 31 heavy (non-hydrogen) atoms. The molecule has 3 aromatic carbocycles. The lowest BCUT2D eigenvalue weighted by molar-refractivity contribution is -0.123. The van der Waals surface area contributed by atoms with Gasteiger partial charge in [-0.15, -0.1) is 0 Å². The number of carbonyl (C=O) groups excluding carboxylic acids is 1. The molecule has 0 bridgehead atoms. The van der Waals surface area contributed by atoms with Crippen molar-refractivity contribution in [1.82, 2.24) is 5.43 Å². The number of nitrogens with one attached hydrogen (secondary N) is 1. The highest BCUT2D eigenvalue weighted by atomic mass is 79.9. The molecule has 0 fully saturated rings. The van der Waals surface area contributed by atoms with Gasteiger partial charge >= 0.3 is 0 Å². The Hall–Kier alpha value is -3.32. The lowest BCUT2D eigenvalue weighted by Crippen LogP contribution is -2.24. The van der Waals surface area contributed by atoms with Crippen LogP contribution >= 0.6 is 15.9 Å². The number of hydrogen-bond acceptors (Lipinski definition) is 5. The van der Waals surface area contributed by atoms with Crippen LogP contribution in [0.3, 0.4) is 0 Å². The highest BCUT2D eigenvalue weighted by molar-refractivity contribution is 9.10. The summed E-state index contributed by atoms with van der Waals surface area (Å²) in [4.78, 5) is 12.0. The number of hydrogen-bond donors (Lipinski definition) is 1. The van der Waals surface area contributed by atoms with Crippen LogP contribution in [0.4, 0.5) is 0 Å². The van der Waals surface area contributed by atoms with Crippen molar-refractivity contribution < 1.29 is 19.0 Å². The first-order chi connectivity index (χ1) is 15.0. The summed E-state index contributed by atoms with van der Waals surface area (Å²) < 4.78 is 17.6. The summed E-state index contributed by atoms with van der Waals surface area (Å²) in [6.07, 6.45) is 1.53. The van der Waals surface area contributed by atoms with Gasteiger partial charge in [0.05, 0.1) is 17.8 Å². The SMILES string of the molecule is COc1cc(/C=N/NC(=O)COc2ccc(C)cc2Br)ccc1OCc1ccccc1. The second-order valence-electron chi connectivity index (χ2n) is 6.70. The Bertz CT molecular complexity index is 1050. The number of hydrazone groups is 1. The molecular weight excluding hydrogens is 460 g/mol. The van der Waals surface area contributed by atoms with Crippen molar-refractivity contribution in [2.75, 3.05) is 13.7 Å². The molecule has 0 saturated heterocycles. The van der Waals surface area contributed by atoms with Crippen LogP contribution in [0.2, 0.25) is 0 Å². The first-order valence-corrected chi connectivity index (χ1v) is 10.4. The molecule has 160 valence electrons. The van der Waals surface area contributed by atoms with Crippen LogP contribution in [-0.4, -0.2) is 25.8 Å². The topological polar surface area (TPSA) is 69.2 Å². The Morgan fingerprint density at radius 3 is 2.52 bits per heavy atom. The number of rotatable bonds is 9. The van der Waals surface area contributed by atoms with E-state index in [-0.39, 0.29) is 12.5 Å². The van der Waals surface area contributed by atoms with E-state index in [0.717, 1.165) is 21.2 Å². The second kappa shape index (κ2) is 11.2. The maximum atomic E-state index is 12.0. The average molecular weight is 483 g/mol. The van der Waals surface area contributed by atoms with Crippen molar-refractivity contribution in [1.29, 1.82) is 0 Å². The van der Waals surface area contributed by atoms with Crippen molar-refractivity contribution >= 4 is 28.1 Å². The minimum absolute atomic E-state index is 0.144. The minimum Gasteiger partial charge on any atom is -0.493 e. The summed E-state index contributed by atoms with van der Waals surface area (Å²) in [5.41, 5.74) is 5.37. The Kier molecular flexibility index (Phi) is 8.06. The molecule has 0 unspecified atom stereocenters. The summed E-state index contributed by atoms with van der Waals surface area (Å²) in [6.45, 7) is 2.28. The molecule has 3 rings (SSSR count). The maximum absolute atomic E-state index is 12.0. The summed E-state index contributed by atoms with van der Waals surface area (Å²) in [5, 5.41) is 3.98. The van der Waals surface area contributed by atoms with E-state index >= 15 is 0 Å². The van der Waals surface area contributed by atoms with Crippen LogP contribution in [-0.2, 0) is 11.4 Å². The molecule has 0 heterocycles. The minimum atomic E-state index is -0.362. The van der Waals surface area contributed by atoms with Gasteiger partial charge in [0.15, 0.2) is 18.1 Å². The molecule has 1 amide bonds. The fraction of sp³-hybridized carbons (Fsp3) is 0.167. The zero-order valence-electron chi connectivity index (χ0n) is 17.3. The van der Waals surface area contributed by atoms with Gasteiger partial charge in [-0.1, -0.05) is 36.4 Å². The van der Waals surface area contributed by atoms with E-state index in [2.05, 4.69) is 26.5 Å². The summed E-state index contributed by atoms with van der Waals surface area (Å²) in [6, 6.07) is 21.0. The molecule has 1 N–H and O–H groups in total. The van der Waals surface area contributed by atoms with E-state index in [1.807, 2.05) is 67.6 Å². The van der Waals surface area contributed by atoms with Crippen LogP contribution in [0.1, 0.15) is 16.7 Å². The highest BCUT2D eigenvalue weighted by Gasteiger charge is 2.07. The molecule has 0 aliphatic rings. The second-order valence-corrected chi connectivity index (χ2v) is 7.55. The van der Waals surface area contributed by atoms with Crippen molar-refractivity contribution in [2.24, 2.45) is 5.10 Å². The van der Waals surface area contributed by atoms with Crippen LogP contribution in [0.15, 0.2) is 76.3 Å². The fourth-order valence-corrected chi connectivity index (χ4v) is 3.30. The summed E-state index contributed by atoms with van der Waals surface area (Å²) >= 11 is 3.42. The monoisotopic (exact) mass is 482 g/mol. The Morgan fingerprint density at radius 1 is 1.00 bits per heavy atom. The molecule has 0 spiro atoms. The third-order valence-electron chi connectivity index (χ3n) is 4.27. The number of aryl methyl sites for hydroxylation is 1. The first-order valence-electron chi connectivity index (χ1n) is 9.61. The number of amides is 1. The van der Waals surface area contributed by atoms with Gasteiger partial charge < -0.3 is 14.2 Å². The first kappa shape index (κ1) is 22.4. The van der Waals surface area contributed by atoms with E-state index in [4.69, 9.17) is 14.2 Å². The highest BCUT2D eigenvalue weighted by Crippen LogP contribution is 2.28. The van der Waals surface area contributed by atoms with E-state index in [1.54, 1.807) is 13.2 Å². The Morgan fingerprint density at radius 2 is 1.77 bits per heavy atom. The summed E-state index contributed by atoms with van der Waals surface area (Å²) in [7, 11) is 1.58. The number of benzene rings is 3. The zero-order chi connectivity index (χ0) is 22.1. The van der Waals surface area contributed by atoms with Gasteiger partial charge in [0, 0.05) is 0 Å². The third-order valence-corrected chi connectivity index (χ3v) is 4.89. The number of methoxy groups -OCH3 is 1. The van der Waals surface area contributed by atoms with Crippen LogP contribution in [0.5, 0.6) is 17.2 Å². The Labute approximate surface area is 190 Å². The van der Waals surface area contributed by atoms with Crippen LogP contribution < -0.4 is 19.6 Å². The van der Waals surface area contributed by atoms with Crippen LogP contribution in [0.25, 0.3) is 0 Å². The van der Waals surface area contributed by atoms with E-state index in [9.17, 15) is 4.79 Å². The number of carbonyl (C=O) groups is 1. The smallest absolute Gasteiger partial charge is 0.277 e. The molecule has 0 saturated carbocycles. The van der Waals surface area contributed by atoms with Gasteiger partial charge in [-0.2, -0.15) is 5.10 Å². The number of ether oxygens (including phenoxy) is 3. The Balaban J connectivity index is 1.52. The van der Waals surface area contributed by atoms with Crippen molar-refractivity contribution in [3.63, 3.8) is 0 Å². The molecular formula is C24H23BrN2O4. The van der Waals surface area contributed by atoms with Gasteiger partial charge in [0.2, 0.25) is 0 Å². The molecule has 0 aliphatic carbocycles. The van der Waals surface area contributed by atoms with E-state index in [0.29, 0.717) is 23.9 Å². The van der Waals surface area contributed by atoms with Gasteiger partial charge in [0.1, 0.15) is 12.4 Å². The molecule has 0 radical (unpaired) electrons. The molecule has 0 aliphatic heterocycles. The number of halogens is 1. The van der Waals surface area contributed by atoms with Crippen molar-refractivity contribution in [3.8, 4) is 17.2 Å². The van der Waals surface area contributed by atoms with Crippen molar-refractivity contribution in [2.45, 2.75) is 13.5 Å². The van der Waals surface area contributed by atoms with Gasteiger partial charge in [-0.3, -0.25) is 4.79 Å². The molecule has 3 aromatic rings. The van der Waals surface area contributed by atoms with Crippen molar-refractivity contribution in [3.05, 3.63) is 87.9 Å². The zero-order valence-corrected chi connectivity index (χ0v) is 18.9. The predicted octanol–water partition coefficient (Wildman–Crippen LogP) is 4.87. The fourth-order valence-electron chi connectivity index (χ4n) is 2.70. The van der Waals surface area contributed by atoms with Crippen LogP contribution in [0, 0.1) is 6.92 Å². The molecule has 6 nitrogen and oxygen atoms in total. The predicted molar refractivity (Wildman–Crippen MR) is 124 cm³/mol. The van der Waals surface area contributed by atoms with Gasteiger partial charge in [-0.25, -0.2) is 5.43 Å². The normalized spacial score (nSPS) is 10.7. The molecule has 0 aromatic heterocycles. The molecule has 7 heteroatoms. The lowest BCUT2D eigenvalue weighted by atomic mass is 10.2. The lowest BCUT2D eigenvalue weighted by Gasteiger charge is -2.11. The third kappa shape index (κ3) is 6.86. The molecule has 0 atom stereocenters. The standard InChI is InChI=1S/C24H23BrN2O4/c1-17-8-10-21(20(25)12-17)31-16-24(28)27-26-14-19-9-11-22(23(13-19)29-2)30-15-18-6-4-3-5-7-18/h3-14H,15-16H2,1-2H3,(H,27,28)/b26-14+. The largest absolute Gasteiger partial charge is 0.493 e. The maximum Gasteiger partial charge on any atom is 0.277 e. The van der Waals surface area contributed by atoms with E-state index < -0.39 is 0 Å². The van der Waals surface area contributed by atoms with Gasteiger partial charge in [0.25, 0.3) is 5.91 Å². The average Bonchev–Trinajstić information content (AvgIpc) is 2.78. The quantitative estimate of drug-likeness (QED) is 0.348. The van der Waals surface area contributed by atoms with E-state index in [1.165, 1.54) is 6.21 Å².